The average Bonchev–Trinajstić information content (AvgIpc) is 3.33. The normalized spacial score (nSPS) is 13.3. The fraction of sp³-hybridized carbons (Fsp3) is 0.500. The van der Waals surface area contributed by atoms with Crippen molar-refractivity contribution >= 4 is 16.1 Å². The van der Waals surface area contributed by atoms with E-state index in [2.05, 4.69) is 6.08 Å². The first kappa shape index (κ1) is 18.5. The minimum Gasteiger partial charge on any atom is -0.462 e. The average molecular weight is 352 g/mol. The fourth-order valence-corrected chi connectivity index (χ4v) is 2.79. The molecule has 6 heteroatoms. The first-order chi connectivity index (χ1) is 11.4. The van der Waals surface area contributed by atoms with Crippen molar-refractivity contribution < 1.29 is 22.1 Å². The highest BCUT2D eigenvalue weighted by Gasteiger charge is 2.09. The van der Waals surface area contributed by atoms with Crippen molar-refractivity contribution in [1.29, 1.82) is 0 Å². The highest BCUT2D eigenvalue weighted by molar-refractivity contribution is 7.86. The molecule has 0 aliphatic heterocycles. The smallest absolute Gasteiger partial charge is 0.338 e. The van der Waals surface area contributed by atoms with Crippen LogP contribution in [0.5, 0.6) is 5.75 Å². The van der Waals surface area contributed by atoms with Gasteiger partial charge in [-0.3, -0.25) is 0 Å². The summed E-state index contributed by atoms with van der Waals surface area (Å²) in [5.41, 5.74) is 1.98. The number of esters is 1. The van der Waals surface area contributed by atoms with Gasteiger partial charge in [0, 0.05) is 0 Å². The Morgan fingerprint density at radius 2 is 1.67 bits per heavy atom. The Kier molecular flexibility index (Phi) is 6.85. The summed E-state index contributed by atoms with van der Waals surface area (Å²) in [5.74, 6) is -0.224. The quantitative estimate of drug-likeness (QED) is 0.262. The largest absolute Gasteiger partial charge is 0.462 e. The van der Waals surface area contributed by atoms with Gasteiger partial charge < -0.3 is 8.92 Å². The number of rotatable bonds is 11. The Bertz CT molecular complexity index is 674. The Labute approximate surface area is 143 Å². The maximum atomic E-state index is 11.9. The lowest BCUT2D eigenvalue weighted by molar-refractivity contribution is 0.0497. The van der Waals surface area contributed by atoms with Gasteiger partial charge in [-0.1, -0.05) is 30.9 Å². The van der Waals surface area contributed by atoms with Crippen LogP contribution in [-0.4, -0.2) is 27.2 Å². The number of unbranched alkanes of at least 4 members (excludes halogenated alkanes) is 4. The summed E-state index contributed by atoms with van der Waals surface area (Å²) in [7, 11) is -3.56. The molecular formula is C18H24O5S. The predicted octanol–water partition coefficient (Wildman–Crippen LogP) is 3.85. The molecule has 0 fully saturated rings. The van der Waals surface area contributed by atoms with Crippen molar-refractivity contribution in [2.75, 3.05) is 12.9 Å². The molecule has 5 nitrogen and oxygen atoms in total. The standard InChI is InChI=1S/C18H24O5S/c1-24(20,21)23-17-12-10-16(11-13-17)18(19)22-14-6-4-2-3-5-7-15-8-9-15/h8,10-13H,2-7,9,14H2,1H3. The molecule has 0 bridgehead atoms. The SMILES string of the molecule is CS(=O)(=O)Oc1ccc(C(=O)OCCCCCCCC2=CC2)cc1. The fourth-order valence-electron chi connectivity index (χ4n) is 2.33. The summed E-state index contributed by atoms with van der Waals surface area (Å²) >= 11 is 0. The lowest BCUT2D eigenvalue weighted by Gasteiger charge is -2.06. The van der Waals surface area contributed by atoms with Crippen molar-refractivity contribution in [2.45, 2.75) is 44.9 Å². The number of ether oxygens (including phenoxy) is 1. The van der Waals surface area contributed by atoms with Gasteiger partial charge in [0.15, 0.2) is 0 Å². The number of hydrogen-bond donors (Lipinski definition) is 0. The van der Waals surface area contributed by atoms with E-state index in [4.69, 9.17) is 8.92 Å². The van der Waals surface area contributed by atoms with E-state index in [1.54, 1.807) is 5.57 Å². The van der Waals surface area contributed by atoms with Crippen LogP contribution in [0.1, 0.15) is 55.3 Å². The second kappa shape index (κ2) is 8.87. The Morgan fingerprint density at radius 1 is 1.04 bits per heavy atom. The highest BCUT2D eigenvalue weighted by Crippen LogP contribution is 2.24. The maximum Gasteiger partial charge on any atom is 0.338 e. The van der Waals surface area contributed by atoms with Gasteiger partial charge in [0.05, 0.1) is 18.4 Å². The number of allylic oxidation sites excluding steroid dienone is 2. The predicted molar refractivity (Wildman–Crippen MR) is 92.6 cm³/mol. The second-order valence-corrected chi connectivity index (χ2v) is 7.61. The number of carbonyl (C=O) groups is 1. The summed E-state index contributed by atoms with van der Waals surface area (Å²) in [4.78, 5) is 11.9. The van der Waals surface area contributed by atoms with Crippen LogP contribution < -0.4 is 4.18 Å². The van der Waals surface area contributed by atoms with E-state index in [-0.39, 0.29) is 5.75 Å². The van der Waals surface area contributed by atoms with Crippen molar-refractivity contribution in [1.82, 2.24) is 0 Å². The molecule has 132 valence electrons. The zero-order valence-corrected chi connectivity index (χ0v) is 14.8. The third-order valence-corrected chi connectivity index (χ3v) is 4.20. The minimum absolute atomic E-state index is 0.177. The lowest BCUT2D eigenvalue weighted by Crippen LogP contribution is -2.08. The van der Waals surface area contributed by atoms with Crippen molar-refractivity contribution in [2.24, 2.45) is 0 Å². The lowest BCUT2D eigenvalue weighted by atomic mass is 10.1. The van der Waals surface area contributed by atoms with Crippen molar-refractivity contribution in [3.05, 3.63) is 41.5 Å². The molecule has 0 saturated carbocycles. The third kappa shape index (κ3) is 7.64. The molecule has 1 aliphatic carbocycles. The molecule has 0 unspecified atom stereocenters. The van der Waals surface area contributed by atoms with Gasteiger partial charge in [0.2, 0.25) is 0 Å². The number of carbonyl (C=O) groups excluding carboxylic acids is 1. The second-order valence-electron chi connectivity index (χ2n) is 6.03. The van der Waals surface area contributed by atoms with Crippen LogP contribution in [0.25, 0.3) is 0 Å². The van der Waals surface area contributed by atoms with Gasteiger partial charge in [-0.25, -0.2) is 4.79 Å². The van der Waals surface area contributed by atoms with Gasteiger partial charge in [-0.05, 0) is 49.9 Å². The van der Waals surface area contributed by atoms with Crippen LogP contribution in [0.2, 0.25) is 0 Å². The molecule has 2 rings (SSSR count). The first-order valence-electron chi connectivity index (χ1n) is 8.28. The molecule has 0 heterocycles. The molecule has 0 saturated heterocycles. The van der Waals surface area contributed by atoms with Gasteiger partial charge in [-0.2, -0.15) is 8.42 Å². The molecule has 24 heavy (non-hydrogen) atoms. The van der Waals surface area contributed by atoms with Crippen LogP contribution >= 0.6 is 0 Å². The van der Waals surface area contributed by atoms with Gasteiger partial charge >= 0.3 is 16.1 Å². The molecule has 0 N–H and O–H groups in total. The zero-order valence-electron chi connectivity index (χ0n) is 14.0. The molecule has 0 radical (unpaired) electrons. The van der Waals surface area contributed by atoms with Crippen LogP contribution in [-0.2, 0) is 14.9 Å². The van der Waals surface area contributed by atoms with E-state index in [0.29, 0.717) is 12.2 Å². The van der Waals surface area contributed by atoms with E-state index in [1.165, 1.54) is 56.4 Å². The third-order valence-electron chi connectivity index (χ3n) is 3.71. The van der Waals surface area contributed by atoms with E-state index in [0.717, 1.165) is 19.1 Å². The first-order valence-corrected chi connectivity index (χ1v) is 10.1. The van der Waals surface area contributed by atoms with E-state index in [9.17, 15) is 13.2 Å². The van der Waals surface area contributed by atoms with Gasteiger partial charge in [0.1, 0.15) is 5.75 Å². The number of hydrogen-bond acceptors (Lipinski definition) is 5. The van der Waals surface area contributed by atoms with E-state index >= 15 is 0 Å². The summed E-state index contributed by atoms with van der Waals surface area (Å²) in [6.45, 7) is 0.408. The minimum atomic E-state index is -3.56. The van der Waals surface area contributed by atoms with Gasteiger partial charge in [-0.15, -0.1) is 0 Å². The summed E-state index contributed by atoms with van der Waals surface area (Å²) in [5, 5.41) is 0. The highest BCUT2D eigenvalue weighted by atomic mass is 32.2. The molecule has 0 amide bonds. The van der Waals surface area contributed by atoms with E-state index < -0.39 is 16.1 Å². The summed E-state index contributed by atoms with van der Waals surface area (Å²) < 4.78 is 31.9. The molecule has 1 aromatic carbocycles. The Balaban J connectivity index is 1.58. The molecule has 0 spiro atoms. The monoisotopic (exact) mass is 352 g/mol. The van der Waals surface area contributed by atoms with Crippen LogP contribution in [0.15, 0.2) is 35.9 Å². The van der Waals surface area contributed by atoms with Crippen LogP contribution in [0, 0.1) is 0 Å². The van der Waals surface area contributed by atoms with Crippen molar-refractivity contribution in [3.8, 4) is 5.75 Å². The molecule has 1 aliphatic rings. The van der Waals surface area contributed by atoms with Crippen LogP contribution in [0.4, 0.5) is 0 Å². The summed E-state index contributed by atoms with van der Waals surface area (Å²) in [6.07, 6.45) is 11.3. The van der Waals surface area contributed by atoms with Crippen LogP contribution in [0.3, 0.4) is 0 Å². The van der Waals surface area contributed by atoms with Crippen molar-refractivity contribution in [3.63, 3.8) is 0 Å². The molecule has 1 aromatic rings. The molecule has 0 atom stereocenters. The zero-order chi connectivity index (χ0) is 17.4. The number of benzene rings is 1. The van der Waals surface area contributed by atoms with Gasteiger partial charge in [0.25, 0.3) is 0 Å². The van der Waals surface area contributed by atoms with E-state index in [1.807, 2.05) is 0 Å². The molecular weight excluding hydrogens is 328 g/mol. The molecule has 0 aromatic heterocycles. The summed E-state index contributed by atoms with van der Waals surface area (Å²) in [6, 6.07) is 5.87. The Morgan fingerprint density at radius 3 is 2.29 bits per heavy atom. The Hall–Kier alpha value is -1.82. The maximum absolute atomic E-state index is 11.9. The topological polar surface area (TPSA) is 69.7 Å².